The average molecular weight is 1130 g/mol. The van der Waals surface area contributed by atoms with Gasteiger partial charge in [0, 0.05) is 32.6 Å². The lowest BCUT2D eigenvalue weighted by molar-refractivity contribution is -0.375. The molecule has 0 aliphatic carbocycles. The lowest BCUT2D eigenvalue weighted by Crippen LogP contribution is -2.68. The van der Waals surface area contributed by atoms with Crippen LogP contribution >= 0.6 is 0 Å². The van der Waals surface area contributed by atoms with Crippen molar-refractivity contribution in [2.45, 2.75) is 160 Å². The normalized spacial score (nSPS) is 27.9. The Labute approximate surface area is 476 Å². The Bertz CT molecular complexity index is 2820. The van der Waals surface area contributed by atoms with E-state index in [2.05, 4.69) is 10.0 Å². The summed E-state index contributed by atoms with van der Waals surface area (Å²) in [7, 11) is 0. The van der Waals surface area contributed by atoms with Crippen molar-refractivity contribution in [2.24, 2.45) is 5.11 Å². The smallest absolute Gasteiger partial charge is 0.303 e. The standard InChI is InChI=1S/C61H70N4O17/c1-38-51(71-33-45-25-15-8-16-26-45)55(72-34-46-27-17-9-18-28-46)57(73-35-47-29-19-10-20-30-47)60(74-38)82-54-50(64-65-63)59(75-39(2)62)79-48(36-69-31-43-21-11-6-12-22-43)52(54)81-61-58(78-42(5)68)56(77-41(4)67)53(76-40(3)66)49(80-61)37-70-32-44-23-13-7-14-24-44/h6-30,38,48-62H,31-37H2,1-5H3/t38-,48+,49+,50+,51+,52+,53-,54+,55+,56-,57-,58+,59?,60-,61-/m0/s1. The van der Waals surface area contributed by atoms with Crippen LogP contribution in [0.25, 0.3) is 10.4 Å². The molecule has 5 aromatic rings. The summed E-state index contributed by atoms with van der Waals surface area (Å²) in [5.41, 5.74) is 14.6. The summed E-state index contributed by atoms with van der Waals surface area (Å²) < 4.78 is 91.2. The Morgan fingerprint density at radius 2 is 0.829 bits per heavy atom. The Hall–Kier alpha value is -7.11. The van der Waals surface area contributed by atoms with Crippen molar-refractivity contribution in [2.75, 3.05) is 13.2 Å². The third-order valence-corrected chi connectivity index (χ3v) is 13.5. The monoisotopic (exact) mass is 1130 g/mol. The van der Waals surface area contributed by atoms with Gasteiger partial charge in [0.15, 0.2) is 36.8 Å². The van der Waals surface area contributed by atoms with Gasteiger partial charge < -0.3 is 66.3 Å². The maximum atomic E-state index is 13.2. The number of nitrogens with one attached hydrogen (secondary N) is 1. The Morgan fingerprint density at radius 1 is 0.451 bits per heavy atom. The Morgan fingerprint density at radius 3 is 1.28 bits per heavy atom. The van der Waals surface area contributed by atoms with Crippen LogP contribution < -0.4 is 0 Å². The summed E-state index contributed by atoms with van der Waals surface area (Å²) in [5.74, 6) is -2.72. The van der Waals surface area contributed by atoms with Gasteiger partial charge in [-0.2, -0.15) is 0 Å². The lowest BCUT2D eigenvalue weighted by atomic mass is 9.94. The first-order chi connectivity index (χ1) is 39.8. The molecule has 3 heterocycles. The van der Waals surface area contributed by atoms with Crippen molar-refractivity contribution < 1.29 is 80.7 Å². The van der Waals surface area contributed by atoms with Crippen LogP contribution in [0.1, 0.15) is 62.4 Å². The number of benzene rings is 5. The molecule has 5 aromatic carbocycles. The number of azide groups is 1. The fraction of sp³-hybridized carbons (Fsp3) is 0.443. The highest BCUT2D eigenvalue weighted by molar-refractivity contribution is 5.69. The van der Waals surface area contributed by atoms with Crippen molar-refractivity contribution in [1.29, 1.82) is 5.41 Å². The third kappa shape index (κ3) is 17.5. The predicted molar refractivity (Wildman–Crippen MR) is 293 cm³/mol. The van der Waals surface area contributed by atoms with Gasteiger partial charge in [0.2, 0.25) is 6.29 Å². The van der Waals surface area contributed by atoms with Crippen LogP contribution in [0.5, 0.6) is 0 Å². The van der Waals surface area contributed by atoms with E-state index in [1.807, 2.05) is 159 Å². The van der Waals surface area contributed by atoms with Crippen LogP contribution in [0.2, 0.25) is 0 Å². The molecule has 436 valence electrons. The van der Waals surface area contributed by atoms with E-state index in [9.17, 15) is 19.9 Å². The summed E-state index contributed by atoms with van der Waals surface area (Å²) in [6.07, 6.45) is -18.3. The maximum absolute atomic E-state index is 13.2. The minimum atomic E-state index is -1.72. The van der Waals surface area contributed by atoms with Crippen LogP contribution in [-0.2, 0) is 114 Å². The molecule has 0 amide bonds. The molecular weight excluding hydrogens is 1060 g/mol. The molecule has 3 saturated heterocycles. The molecule has 0 saturated carbocycles. The van der Waals surface area contributed by atoms with E-state index in [1.54, 1.807) is 0 Å². The predicted octanol–water partition coefficient (Wildman–Crippen LogP) is 8.63. The fourth-order valence-electron chi connectivity index (χ4n) is 9.92. The van der Waals surface area contributed by atoms with Gasteiger partial charge in [-0.05, 0) is 40.3 Å². The fourth-order valence-corrected chi connectivity index (χ4v) is 9.92. The zero-order chi connectivity index (χ0) is 57.8. The van der Waals surface area contributed by atoms with Crippen LogP contribution in [0.3, 0.4) is 0 Å². The van der Waals surface area contributed by atoms with Gasteiger partial charge in [0.05, 0.1) is 52.4 Å². The summed E-state index contributed by atoms with van der Waals surface area (Å²) in [6.45, 7) is 6.70. The number of esters is 3. The van der Waals surface area contributed by atoms with Gasteiger partial charge in [-0.3, -0.25) is 19.8 Å². The summed E-state index contributed by atoms with van der Waals surface area (Å²) in [4.78, 5) is 42.4. The molecule has 1 N–H and O–H groups in total. The van der Waals surface area contributed by atoms with Gasteiger partial charge in [-0.25, -0.2) is 0 Å². The van der Waals surface area contributed by atoms with Crippen LogP contribution in [0.15, 0.2) is 157 Å². The van der Waals surface area contributed by atoms with Crippen molar-refractivity contribution in [1.82, 2.24) is 0 Å². The number of ether oxygens (including phenoxy) is 14. The lowest BCUT2D eigenvalue weighted by Gasteiger charge is -2.51. The molecule has 1 unspecified atom stereocenters. The van der Waals surface area contributed by atoms with E-state index in [4.69, 9.17) is 71.7 Å². The average Bonchev–Trinajstić information content (AvgIpc) is 3.60. The molecule has 3 aliphatic heterocycles. The number of rotatable bonds is 26. The van der Waals surface area contributed by atoms with Crippen molar-refractivity contribution in [3.05, 3.63) is 190 Å². The quantitative estimate of drug-likeness (QED) is 0.0103. The molecule has 82 heavy (non-hydrogen) atoms. The molecule has 3 aliphatic rings. The molecule has 0 spiro atoms. The first-order valence-corrected chi connectivity index (χ1v) is 27.1. The van der Waals surface area contributed by atoms with E-state index in [-0.39, 0.29) is 52.1 Å². The molecule has 0 aromatic heterocycles. The molecule has 21 heteroatoms. The van der Waals surface area contributed by atoms with E-state index >= 15 is 0 Å². The summed E-state index contributed by atoms with van der Waals surface area (Å²) in [6, 6.07) is 45.9. The van der Waals surface area contributed by atoms with E-state index in [1.165, 1.54) is 13.8 Å². The number of carbonyl (C=O) groups excluding carboxylic acids is 3. The van der Waals surface area contributed by atoms with Crippen molar-refractivity contribution >= 4 is 23.8 Å². The van der Waals surface area contributed by atoms with Gasteiger partial charge in [0.1, 0.15) is 48.8 Å². The SMILES string of the molecule is CC(=N)OC1O[C@H](COCc2ccccc2)[C@@H](O[C@@H]2O[C@H](COCc3ccccc3)[C@H](OC(C)=O)[C@H](OC(C)=O)[C@H]2OC(C)=O)[C@H](O[C@@H]2O[C@@H](C)[C@@H](OCc3ccccc3)[C@@H](OCc3ccccc3)[C@@H]2OCc2ccccc2)[C@H]1N=[N+]=[N-]. The van der Waals surface area contributed by atoms with Crippen LogP contribution in [-0.4, -0.2) is 129 Å². The van der Waals surface area contributed by atoms with Crippen LogP contribution in [0, 0.1) is 5.41 Å². The molecule has 15 atom stereocenters. The first-order valence-electron chi connectivity index (χ1n) is 27.1. The number of nitrogens with zero attached hydrogens (tertiary/aromatic N) is 3. The van der Waals surface area contributed by atoms with Gasteiger partial charge >= 0.3 is 17.9 Å². The van der Waals surface area contributed by atoms with Crippen molar-refractivity contribution in [3.8, 4) is 0 Å². The zero-order valence-corrected chi connectivity index (χ0v) is 46.3. The number of carbonyl (C=O) groups is 3. The van der Waals surface area contributed by atoms with E-state index < -0.39 is 110 Å². The topological polar surface area (TPSA) is 253 Å². The largest absolute Gasteiger partial charge is 0.456 e. The summed E-state index contributed by atoms with van der Waals surface area (Å²) >= 11 is 0. The highest BCUT2D eigenvalue weighted by Crippen LogP contribution is 2.39. The van der Waals surface area contributed by atoms with E-state index in [0.717, 1.165) is 41.7 Å². The number of hydrogen-bond donors (Lipinski definition) is 1. The molecule has 0 bridgehead atoms. The molecule has 3 fully saturated rings. The van der Waals surface area contributed by atoms with Gasteiger partial charge in [-0.1, -0.05) is 157 Å². The molecule has 21 nitrogen and oxygen atoms in total. The highest BCUT2D eigenvalue weighted by Gasteiger charge is 2.58. The molecule has 8 rings (SSSR count). The minimum Gasteiger partial charge on any atom is -0.456 e. The van der Waals surface area contributed by atoms with E-state index in [0.29, 0.717) is 0 Å². The minimum absolute atomic E-state index is 0.0522. The van der Waals surface area contributed by atoms with Gasteiger partial charge in [-0.15, -0.1) is 0 Å². The zero-order valence-electron chi connectivity index (χ0n) is 46.3. The molecule has 0 radical (unpaired) electrons. The third-order valence-electron chi connectivity index (χ3n) is 13.5. The highest BCUT2D eigenvalue weighted by atomic mass is 16.8. The van der Waals surface area contributed by atoms with Crippen LogP contribution in [0.4, 0.5) is 0 Å². The molecular formula is C61H70N4O17. The summed E-state index contributed by atoms with van der Waals surface area (Å²) in [5, 5.41) is 12.7. The second kappa shape index (κ2) is 30.8. The maximum Gasteiger partial charge on any atom is 0.303 e. The Balaban J connectivity index is 1.23. The van der Waals surface area contributed by atoms with Gasteiger partial charge in [0.25, 0.3) is 0 Å². The second-order valence-corrected chi connectivity index (χ2v) is 19.9. The number of hydrogen-bond acceptors (Lipinski definition) is 19. The first kappa shape index (κ1) is 61.0. The van der Waals surface area contributed by atoms with Crippen molar-refractivity contribution in [3.63, 3.8) is 0 Å². The second-order valence-electron chi connectivity index (χ2n) is 19.9. The Kier molecular flexibility index (Phi) is 22.9.